The first-order valence-corrected chi connectivity index (χ1v) is 7.22. The van der Waals surface area contributed by atoms with E-state index in [9.17, 15) is 9.59 Å². The number of carbonyl (C=O) groups is 2. The number of hydrogen-bond acceptors (Lipinski definition) is 3. The molecule has 2 atom stereocenters. The molecule has 1 heterocycles. The number of para-hydroxylation sites is 1. The molecular weight excluding hydrogens is 278 g/mol. The monoisotopic (exact) mass is 295 g/mol. The molecule has 1 aliphatic rings. The van der Waals surface area contributed by atoms with Crippen molar-refractivity contribution in [1.29, 1.82) is 0 Å². The Morgan fingerprint density at radius 2 is 1.64 bits per heavy atom. The maximum atomic E-state index is 12.5. The summed E-state index contributed by atoms with van der Waals surface area (Å²) in [5.41, 5.74) is 1.74. The summed E-state index contributed by atoms with van der Waals surface area (Å²) in [4.78, 5) is 26.3. The molecule has 0 radical (unpaired) electrons. The van der Waals surface area contributed by atoms with E-state index in [0.717, 1.165) is 11.3 Å². The molecule has 4 heteroatoms. The van der Waals surface area contributed by atoms with Gasteiger partial charge in [0, 0.05) is 12.1 Å². The van der Waals surface area contributed by atoms with Crippen molar-refractivity contribution in [1.82, 2.24) is 0 Å². The fraction of sp³-hybridized carbons (Fsp3) is 0.222. The van der Waals surface area contributed by atoms with Gasteiger partial charge in [0.05, 0.1) is 19.1 Å². The number of rotatable bonds is 3. The lowest BCUT2D eigenvalue weighted by atomic mass is 9.93. The zero-order valence-electron chi connectivity index (χ0n) is 12.3. The lowest BCUT2D eigenvalue weighted by Crippen LogP contribution is -2.30. The van der Waals surface area contributed by atoms with Crippen LogP contribution in [0.3, 0.4) is 0 Å². The van der Waals surface area contributed by atoms with Crippen molar-refractivity contribution < 1.29 is 14.3 Å². The third kappa shape index (κ3) is 2.48. The number of amides is 1. The van der Waals surface area contributed by atoms with E-state index in [-0.39, 0.29) is 24.3 Å². The first-order valence-electron chi connectivity index (χ1n) is 7.22. The summed E-state index contributed by atoms with van der Waals surface area (Å²) in [6, 6.07) is 18.7. The summed E-state index contributed by atoms with van der Waals surface area (Å²) in [7, 11) is 1.36. The summed E-state index contributed by atoms with van der Waals surface area (Å²) in [5.74, 6) is -0.892. The molecule has 3 rings (SSSR count). The van der Waals surface area contributed by atoms with Crippen LogP contribution in [0.25, 0.3) is 0 Å². The second-order valence-corrected chi connectivity index (χ2v) is 5.29. The molecule has 2 aromatic rings. The van der Waals surface area contributed by atoms with Crippen LogP contribution >= 0.6 is 0 Å². The molecule has 4 nitrogen and oxygen atoms in total. The molecule has 2 aromatic carbocycles. The zero-order chi connectivity index (χ0) is 15.5. The Morgan fingerprint density at radius 1 is 1.05 bits per heavy atom. The number of anilines is 1. The van der Waals surface area contributed by atoms with Crippen LogP contribution in [0, 0.1) is 5.92 Å². The molecule has 22 heavy (non-hydrogen) atoms. The molecule has 112 valence electrons. The van der Waals surface area contributed by atoms with E-state index in [2.05, 4.69) is 0 Å². The first-order chi connectivity index (χ1) is 10.7. The van der Waals surface area contributed by atoms with Crippen LogP contribution in [0.5, 0.6) is 0 Å². The molecule has 0 bridgehead atoms. The van der Waals surface area contributed by atoms with Gasteiger partial charge in [-0.05, 0) is 17.7 Å². The van der Waals surface area contributed by atoms with Gasteiger partial charge in [0.2, 0.25) is 5.91 Å². The predicted molar refractivity (Wildman–Crippen MR) is 83.2 cm³/mol. The van der Waals surface area contributed by atoms with Crippen molar-refractivity contribution in [2.45, 2.75) is 12.5 Å². The fourth-order valence-electron chi connectivity index (χ4n) is 3.02. The van der Waals surface area contributed by atoms with Crippen LogP contribution in [0.15, 0.2) is 60.7 Å². The van der Waals surface area contributed by atoms with Crippen molar-refractivity contribution in [3.63, 3.8) is 0 Å². The minimum absolute atomic E-state index is 0.0598. The fourth-order valence-corrected chi connectivity index (χ4v) is 3.02. The van der Waals surface area contributed by atoms with Gasteiger partial charge in [-0.25, -0.2) is 0 Å². The van der Waals surface area contributed by atoms with Crippen LogP contribution in [-0.4, -0.2) is 19.0 Å². The third-order valence-electron chi connectivity index (χ3n) is 4.00. The molecule has 1 aliphatic heterocycles. The molecule has 0 saturated carbocycles. The van der Waals surface area contributed by atoms with Crippen molar-refractivity contribution >= 4 is 17.6 Å². The normalized spacial score (nSPS) is 21.0. The second kappa shape index (κ2) is 6.02. The average molecular weight is 295 g/mol. The Hall–Kier alpha value is -2.62. The lowest BCUT2D eigenvalue weighted by Gasteiger charge is -2.27. The summed E-state index contributed by atoms with van der Waals surface area (Å²) < 4.78 is 4.90. The summed E-state index contributed by atoms with van der Waals surface area (Å²) in [6.45, 7) is 0. The minimum Gasteiger partial charge on any atom is -0.469 e. The number of methoxy groups -OCH3 is 1. The van der Waals surface area contributed by atoms with Gasteiger partial charge in [-0.2, -0.15) is 0 Å². The Balaban J connectivity index is 2.07. The van der Waals surface area contributed by atoms with E-state index in [0.29, 0.717) is 0 Å². The Labute approximate surface area is 129 Å². The van der Waals surface area contributed by atoms with Gasteiger partial charge in [0.1, 0.15) is 0 Å². The van der Waals surface area contributed by atoms with Crippen LogP contribution in [0.4, 0.5) is 5.69 Å². The van der Waals surface area contributed by atoms with Gasteiger partial charge in [-0.3, -0.25) is 9.59 Å². The van der Waals surface area contributed by atoms with Crippen molar-refractivity contribution in [3.05, 3.63) is 66.2 Å². The standard InChI is InChI=1S/C18H17NO3/c1-22-18(21)15-12-16(20)19(14-10-6-3-7-11-14)17(15)13-8-4-2-5-9-13/h2-11,15,17H,12H2,1H3/t15-,17?/m1/s1. The van der Waals surface area contributed by atoms with Crippen LogP contribution in [0.1, 0.15) is 18.0 Å². The molecule has 0 spiro atoms. The van der Waals surface area contributed by atoms with E-state index in [1.807, 2.05) is 60.7 Å². The van der Waals surface area contributed by atoms with E-state index in [1.54, 1.807) is 4.90 Å². The van der Waals surface area contributed by atoms with Crippen molar-refractivity contribution in [2.75, 3.05) is 12.0 Å². The Bertz CT molecular complexity index is 669. The third-order valence-corrected chi connectivity index (χ3v) is 4.00. The highest BCUT2D eigenvalue weighted by atomic mass is 16.5. The van der Waals surface area contributed by atoms with Gasteiger partial charge >= 0.3 is 5.97 Å². The largest absolute Gasteiger partial charge is 0.469 e. The highest BCUT2D eigenvalue weighted by Gasteiger charge is 2.45. The molecule has 1 saturated heterocycles. The van der Waals surface area contributed by atoms with Crippen LogP contribution in [-0.2, 0) is 14.3 Å². The van der Waals surface area contributed by atoms with Gasteiger partial charge in [-0.1, -0.05) is 48.5 Å². The summed E-state index contributed by atoms with van der Waals surface area (Å²) in [5, 5.41) is 0. The van der Waals surface area contributed by atoms with E-state index >= 15 is 0 Å². The average Bonchev–Trinajstić information content (AvgIpc) is 2.93. The molecule has 0 aliphatic carbocycles. The van der Waals surface area contributed by atoms with Crippen LogP contribution in [0.2, 0.25) is 0 Å². The van der Waals surface area contributed by atoms with Crippen molar-refractivity contribution in [3.8, 4) is 0 Å². The number of hydrogen-bond donors (Lipinski definition) is 0. The summed E-state index contributed by atoms with van der Waals surface area (Å²) >= 11 is 0. The maximum Gasteiger partial charge on any atom is 0.311 e. The maximum absolute atomic E-state index is 12.5. The minimum atomic E-state index is -0.486. The van der Waals surface area contributed by atoms with Gasteiger partial charge in [0.15, 0.2) is 0 Å². The predicted octanol–water partition coefficient (Wildman–Crippen LogP) is 2.95. The highest BCUT2D eigenvalue weighted by Crippen LogP contribution is 2.41. The summed E-state index contributed by atoms with van der Waals surface area (Å²) in [6.07, 6.45) is 0.168. The molecule has 1 fully saturated rings. The van der Waals surface area contributed by atoms with E-state index in [1.165, 1.54) is 7.11 Å². The first kappa shape index (κ1) is 14.3. The quantitative estimate of drug-likeness (QED) is 0.818. The van der Waals surface area contributed by atoms with Gasteiger partial charge < -0.3 is 9.64 Å². The Morgan fingerprint density at radius 3 is 2.23 bits per heavy atom. The number of nitrogens with zero attached hydrogens (tertiary/aromatic N) is 1. The van der Waals surface area contributed by atoms with Gasteiger partial charge in [0.25, 0.3) is 0 Å². The number of carbonyl (C=O) groups excluding carboxylic acids is 2. The molecule has 1 unspecified atom stereocenters. The van der Waals surface area contributed by atoms with E-state index in [4.69, 9.17) is 4.74 Å². The number of esters is 1. The lowest BCUT2D eigenvalue weighted by molar-refractivity contribution is -0.146. The molecule has 1 amide bonds. The molecular formula is C18H17NO3. The zero-order valence-corrected chi connectivity index (χ0v) is 12.3. The van der Waals surface area contributed by atoms with Crippen molar-refractivity contribution in [2.24, 2.45) is 5.92 Å². The second-order valence-electron chi connectivity index (χ2n) is 5.29. The number of benzene rings is 2. The Kier molecular flexibility index (Phi) is 3.92. The van der Waals surface area contributed by atoms with E-state index < -0.39 is 5.92 Å². The molecule has 0 aromatic heterocycles. The smallest absolute Gasteiger partial charge is 0.311 e. The topological polar surface area (TPSA) is 46.6 Å². The molecule has 0 N–H and O–H groups in total. The number of ether oxygens (including phenoxy) is 1. The van der Waals surface area contributed by atoms with Crippen LogP contribution < -0.4 is 4.90 Å². The van der Waals surface area contributed by atoms with Gasteiger partial charge in [-0.15, -0.1) is 0 Å². The SMILES string of the molecule is COC(=O)[C@@H]1CC(=O)N(c2ccccc2)C1c1ccccc1. The highest BCUT2D eigenvalue weighted by molar-refractivity contribution is 6.00.